The highest BCUT2D eigenvalue weighted by atomic mass is 19.4. The number of aliphatic hydroxyl groups is 1. The Bertz CT molecular complexity index is 445. The summed E-state index contributed by atoms with van der Waals surface area (Å²) < 4.78 is 51.6. The highest BCUT2D eigenvalue weighted by Gasteiger charge is 2.36. The van der Waals surface area contributed by atoms with Crippen LogP contribution in [0.4, 0.5) is 17.6 Å². The molecule has 20 heavy (non-hydrogen) atoms. The molecule has 0 aliphatic rings. The van der Waals surface area contributed by atoms with Gasteiger partial charge in [0.2, 0.25) is 0 Å². The van der Waals surface area contributed by atoms with E-state index in [1.54, 1.807) is 0 Å². The van der Waals surface area contributed by atoms with Crippen molar-refractivity contribution in [3.63, 3.8) is 0 Å². The predicted octanol–water partition coefficient (Wildman–Crippen LogP) is 3.64. The maximum atomic E-state index is 13.0. The number of benzene rings is 1. The zero-order chi connectivity index (χ0) is 15.5. The molecule has 0 fully saturated rings. The summed E-state index contributed by atoms with van der Waals surface area (Å²) >= 11 is 0. The molecule has 0 radical (unpaired) electrons. The van der Waals surface area contributed by atoms with Crippen molar-refractivity contribution in [3.05, 3.63) is 35.1 Å². The van der Waals surface area contributed by atoms with Gasteiger partial charge in [0.25, 0.3) is 0 Å². The van der Waals surface area contributed by atoms with Crippen LogP contribution in [0.15, 0.2) is 18.2 Å². The lowest BCUT2D eigenvalue weighted by atomic mass is 9.92. The van der Waals surface area contributed by atoms with Crippen molar-refractivity contribution < 1.29 is 22.7 Å². The highest BCUT2D eigenvalue weighted by Crippen LogP contribution is 2.35. The molecule has 114 valence electrons. The van der Waals surface area contributed by atoms with Crippen LogP contribution >= 0.6 is 0 Å². The van der Waals surface area contributed by atoms with E-state index < -0.39 is 29.7 Å². The molecule has 2 nitrogen and oxygen atoms in total. The second-order valence-electron chi connectivity index (χ2n) is 5.29. The average Bonchev–Trinajstić information content (AvgIpc) is 2.33. The zero-order valence-electron chi connectivity index (χ0n) is 11.4. The van der Waals surface area contributed by atoms with E-state index in [-0.39, 0.29) is 5.56 Å². The van der Waals surface area contributed by atoms with E-state index in [0.29, 0.717) is 24.8 Å². The van der Waals surface area contributed by atoms with Crippen LogP contribution in [0.1, 0.15) is 43.9 Å². The van der Waals surface area contributed by atoms with Crippen molar-refractivity contribution in [2.45, 2.75) is 45.0 Å². The Labute approximate surface area is 115 Å². The fourth-order valence-corrected chi connectivity index (χ4v) is 1.96. The molecule has 1 aromatic rings. The van der Waals surface area contributed by atoms with E-state index in [9.17, 15) is 22.7 Å². The van der Waals surface area contributed by atoms with Crippen LogP contribution in [-0.4, -0.2) is 11.2 Å². The van der Waals surface area contributed by atoms with E-state index in [4.69, 9.17) is 5.73 Å². The molecular formula is C14H19F4NO. The first-order chi connectivity index (χ1) is 9.12. The maximum absolute atomic E-state index is 13.0. The summed E-state index contributed by atoms with van der Waals surface area (Å²) in [7, 11) is 0. The maximum Gasteiger partial charge on any atom is 0.416 e. The molecule has 0 aliphatic heterocycles. The highest BCUT2D eigenvalue weighted by molar-refractivity contribution is 5.33. The molecule has 1 rings (SSSR count). The monoisotopic (exact) mass is 293 g/mol. The molecule has 0 aliphatic carbocycles. The molecule has 1 aromatic carbocycles. The molecule has 3 N–H and O–H groups in total. The minimum Gasteiger partial charge on any atom is -0.391 e. The summed E-state index contributed by atoms with van der Waals surface area (Å²) in [5.41, 5.74) is 4.29. The molecule has 6 heteroatoms. The van der Waals surface area contributed by atoms with Gasteiger partial charge in [-0.3, -0.25) is 0 Å². The summed E-state index contributed by atoms with van der Waals surface area (Å²) in [4.78, 5) is 0. The van der Waals surface area contributed by atoms with Gasteiger partial charge < -0.3 is 10.8 Å². The minimum absolute atomic E-state index is 0.282. The molecule has 0 saturated carbocycles. The lowest BCUT2D eigenvalue weighted by Gasteiger charge is -2.23. The van der Waals surface area contributed by atoms with Crippen molar-refractivity contribution in [1.82, 2.24) is 0 Å². The van der Waals surface area contributed by atoms with Crippen molar-refractivity contribution in [2.75, 3.05) is 0 Å². The number of halogens is 4. The lowest BCUT2D eigenvalue weighted by Crippen LogP contribution is -2.29. The molecule has 0 heterocycles. The third-order valence-corrected chi connectivity index (χ3v) is 3.13. The van der Waals surface area contributed by atoms with Gasteiger partial charge >= 0.3 is 6.18 Å². The standard InChI is InChI=1S/C14H19F4NO/c1-8(2)3-6-12(20)13(19)10-5-4-9(15)7-11(10)14(16,17)18/h4-5,7-8,12-13,20H,3,6,19H2,1-2H3/t12-,13+/m1/s1. The van der Waals surface area contributed by atoms with Crippen molar-refractivity contribution in [2.24, 2.45) is 11.7 Å². The predicted molar refractivity (Wildman–Crippen MR) is 68.4 cm³/mol. The van der Waals surface area contributed by atoms with Gasteiger partial charge in [-0.15, -0.1) is 0 Å². The first-order valence-electron chi connectivity index (χ1n) is 6.43. The number of hydrogen-bond donors (Lipinski definition) is 2. The summed E-state index contributed by atoms with van der Waals surface area (Å²) in [5, 5.41) is 9.89. The molecule has 2 atom stereocenters. The van der Waals surface area contributed by atoms with Crippen molar-refractivity contribution in [1.29, 1.82) is 0 Å². The van der Waals surface area contributed by atoms with E-state index in [1.165, 1.54) is 0 Å². The second-order valence-corrected chi connectivity index (χ2v) is 5.29. The van der Waals surface area contributed by atoms with Crippen LogP contribution < -0.4 is 5.73 Å². The Hall–Kier alpha value is -1.14. The Morgan fingerprint density at radius 2 is 1.80 bits per heavy atom. The third kappa shape index (κ3) is 4.45. The third-order valence-electron chi connectivity index (χ3n) is 3.13. The number of rotatable bonds is 5. The van der Waals surface area contributed by atoms with Crippen molar-refractivity contribution >= 4 is 0 Å². The van der Waals surface area contributed by atoms with Gasteiger partial charge in [-0.05, 0) is 36.5 Å². The number of hydrogen-bond acceptors (Lipinski definition) is 2. The smallest absolute Gasteiger partial charge is 0.391 e. The summed E-state index contributed by atoms with van der Waals surface area (Å²) in [6.45, 7) is 3.88. The number of nitrogens with two attached hydrogens (primary N) is 1. The van der Waals surface area contributed by atoms with Crippen LogP contribution in [-0.2, 0) is 6.18 Å². The molecule has 0 bridgehead atoms. The first kappa shape index (κ1) is 16.9. The first-order valence-corrected chi connectivity index (χ1v) is 6.43. The van der Waals surface area contributed by atoms with Crippen LogP contribution in [0, 0.1) is 11.7 Å². The number of alkyl halides is 3. The number of aliphatic hydroxyl groups excluding tert-OH is 1. The van der Waals surface area contributed by atoms with Crippen LogP contribution in [0.5, 0.6) is 0 Å². The van der Waals surface area contributed by atoms with Crippen molar-refractivity contribution in [3.8, 4) is 0 Å². The van der Waals surface area contributed by atoms with E-state index in [2.05, 4.69) is 0 Å². The molecular weight excluding hydrogens is 274 g/mol. The topological polar surface area (TPSA) is 46.2 Å². The van der Waals surface area contributed by atoms with Crippen LogP contribution in [0.25, 0.3) is 0 Å². The van der Waals surface area contributed by atoms with Crippen LogP contribution in [0.3, 0.4) is 0 Å². The summed E-state index contributed by atoms with van der Waals surface area (Å²) in [5.74, 6) is -0.669. The van der Waals surface area contributed by atoms with Gasteiger partial charge in [-0.1, -0.05) is 19.9 Å². The summed E-state index contributed by atoms with van der Waals surface area (Å²) in [6, 6.07) is 1.12. The SMILES string of the molecule is CC(C)CC[C@@H](O)[C@@H](N)c1ccc(F)cc1C(F)(F)F. The van der Waals surface area contributed by atoms with Crippen LogP contribution in [0.2, 0.25) is 0 Å². The molecule has 0 amide bonds. The summed E-state index contributed by atoms with van der Waals surface area (Å²) in [6.07, 6.45) is -4.85. The van der Waals surface area contributed by atoms with Gasteiger partial charge in [-0.2, -0.15) is 13.2 Å². The Balaban J connectivity index is 3.00. The normalized spacial score (nSPS) is 15.4. The van der Waals surface area contributed by atoms with Gasteiger partial charge in [0, 0.05) is 0 Å². The quantitative estimate of drug-likeness (QED) is 0.814. The lowest BCUT2D eigenvalue weighted by molar-refractivity contribution is -0.138. The fourth-order valence-electron chi connectivity index (χ4n) is 1.96. The van der Waals surface area contributed by atoms with E-state index in [1.807, 2.05) is 13.8 Å². The van der Waals surface area contributed by atoms with Gasteiger partial charge in [-0.25, -0.2) is 4.39 Å². The Morgan fingerprint density at radius 1 is 1.20 bits per heavy atom. The van der Waals surface area contributed by atoms with E-state index in [0.717, 1.165) is 12.1 Å². The van der Waals surface area contributed by atoms with Gasteiger partial charge in [0.1, 0.15) is 5.82 Å². The van der Waals surface area contributed by atoms with Gasteiger partial charge in [0.05, 0.1) is 17.7 Å². The largest absolute Gasteiger partial charge is 0.416 e. The second kappa shape index (κ2) is 6.54. The average molecular weight is 293 g/mol. The Morgan fingerprint density at radius 3 is 2.30 bits per heavy atom. The molecule has 0 saturated heterocycles. The Kier molecular flexibility index (Phi) is 5.53. The molecule has 0 aromatic heterocycles. The minimum atomic E-state index is -4.70. The van der Waals surface area contributed by atoms with Gasteiger partial charge in [0.15, 0.2) is 0 Å². The zero-order valence-corrected chi connectivity index (χ0v) is 11.4. The molecule has 0 unspecified atom stereocenters. The molecule has 0 spiro atoms. The van der Waals surface area contributed by atoms with E-state index >= 15 is 0 Å². The fraction of sp³-hybridized carbons (Fsp3) is 0.571.